The van der Waals surface area contributed by atoms with Crippen molar-refractivity contribution >= 4 is 0 Å². The predicted molar refractivity (Wildman–Crippen MR) is 88.6 cm³/mol. The highest BCUT2D eigenvalue weighted by molar-refractivity contribution is 5.30. The standard InChI is InChI=1S/C18H30N2O/c1-14(19)18(15-10-12-17(21-3)13-11-15)20(2)16-8-6-4-5-7-9-16/h10-14,16,18H,4-9,19H2,1-3H3. The molecule has 1 aliphatic rings. The summed E-state index contributed by atoms with van der Waals surface area (Å²) >= 11 is 0. The third kappa shape index (κ3) is 4.21. The van der Waals surface area contributed by atoms with Crippen LogP contribution in [0.5, 0.6) is 5.75 Å². The molecule has 118 valence electrons. The second-order valence-electron chi connectivity index (χ2n) is 6.39. The number of rotatable bonds is 5. The van der Waals surface area contributed by atoms with E-state index in [1.54, 1.807) is 7.11 Å². The monoisotopic (exact) mass is 290 g/mol. The lowest BCUT2D eigenvalue weighted by molar-refractivity contribution is 0.141. The average Bonchev–Trinajstić information content (AvgIpc) is 2.77. The number of nitrogens with zero attached hydrogens (tertiary/aromatic N) is 1. The maximum atomic E-state index is 6.31. The van der Waals surface area contributed by atoms with Gasteiger partial charge in [-0.05, 0) is 44.5 Å². The van der Waals surface area contributed by atoms with Gasteiger partial charge in [0.05, 0.1) is 7.11 Å². The van der Waals surface area contributed by atoms with Gasteiger partial charge in [0.25, 0.3) is 0 Å². The summed E-state index contributed by atoms with van der Waals surface area (Å²) < 4.78 is 5.26. The lowest BCUT2D eigenvalue weighted by atomic mass is 9.96. The van der Waals surface area contributed by atoms with Crippen molar-refractivity contribution in [1.82, 2.24) is 4.90 Å². The van der Waals surface area contributed by atoms with Crippen molar-refractivity contribution < 1.29 is 4.74 Å². The summed E-state index contributed by atoms with van der Waals surface area (Å²) in [6, 6.07) is 9.42. The number of likely N-dealkylation sites (N-methyl/N-ethyl adjacent to an activating group) is 1. The van der Waals surface area contributed by atoms with Gasteiger partial charge in [-0.1, -0.05) is 37.8 Å². The molecule has 2 atom stereocenters. The zero-order valence-electron chi connectivity index (χ0n) is 13.7. The summed E-state index contributed by atoms with van der Waals surface area (Å²) in [6.07, 6.45) is 8.07. The van der Waals surface area contributed by atoms with Gasteiger partial charge in [0.1, 0.15) is 5.75 Å². The van der Waals surface area contributed by atoms with E-state index in [1.807, 2.05) is 12.1 Å². The Labute approximate surface area is 129 Å². The van der Waals surface area contributed by atoms with Crippen LogP contribution in [-0.2, 0) is 0 Å². The van der Waals surface area contributed by atoms with E-state index >= 15 is 0 Å². The van der Waals surface area contributed by atoms with Crippen molar-refractivity contribution in [2.75, 3.05) is 14.2 Å². The van der Waals surface area contributed by atoms with Crippen LogP contribution in [0.2, 0.25) is 0 Å². The first-order valence-electron chi connectivity index (χ1n) is 8.25. The zero-order chi connectivity index (χ0) is 15.2. The Balaban J connectivity index is 2.16. The lowest BCUT2D eigenvalue weighted by Crippen LogP contribution is -2.42. The van der Waals surface area contributed by atoms with Gasteiger partial charge in [0.2, 0.25) is 0 Å². The number of hydrogen-bond donors (Lipinski definition) is 1. The van der Waals surface area contributed by atoms with E-state index in [-0.39, 0.29) is 12.1 Å². The van der Waals surface area contributed by atoms with Crippen molar-refractivity contribution in [3.8, 4) is 5.75 Å². The number of methoxy groups -OCH3 is 1. The first-order chi connectivity index (χ1) is 10.1. The van der Waals surface area contributed by atoms with Gasteiger partial charge in [-0.3, -0.25) is 4.90 Å². The van der Waals surface area contributed by atoms with Gasteiger partial charge < -0.3 is 10.5 Å². The molecule has 0 aromatic heterocycles. The fourth-order valence-electron chi connectivity index (χ4n) is 3.60. The number of nitrogens with two attached hydrogens (primary N) is 1. The van der Waals surface area contributed by atoms with Crippen molar-refractivity contribution in [2.24, 2.45) is 5.73 Å². The van der Waals surface area contributed by atoms with Crippen molar-refractivity contribution in [2.45, 2.75) is 63.6 Å². The van der Waals surface area contributed by atoms with Gasteiger partial charge in [-0.25, -0.2) is 0 Å². The molecule has 1 aliphatic carbocycles. The highest BCUT2D eigenvalue weighted by atomic mass is 16.5. The van der Waals surface area contributed by atoms with Crippen LogP contribution in [0.3, 0.4) is 0 Å². The van der Waals surface area contributed by atoms with E-state index < -0.39 is 0 Å². The fourth-order valence-corrected chi connectivity index (χ4v) is 3.60. The predicted octanol–water partition coefficient (Wildman–Crippen LogP) is 3.74. The Kier molecular flexibility index (Phi) is 6.07. The Bertz CT molecular complexity index is 408. The molecule has 1 saturated carbocycles. The quantitative estimate of drug-likeness (QED) is 0.840. The summed E-state index contributed by atoms with van der Waals surface area (Å²) in [7, 11) is 3.95. The van der Waals surface area contributed by atoms with Crippen LogP contribution in [0.15, 0.2) is 24.3 Å². The molecule has 2 rings (SSSR count). The highest BCUT2D eigenvalue weighted by Crippen LogP contribution is 2.30. The summed E-state index contributed by atoms with van der Waals surface area (Å²) in [6.45, 7) is 2.11. The van der Waals surface area contributed by atoms with Crippen LogP contribution in [0.1, 0.15) is 57.1 Å². The van der Waals surface area contributed by atoms with Crippen molar-refractivity contribution in [3.63, 3.8) is 0 Å². The minimum Gasteiger partial charge on any atom is -0.497 e. The van der Waals surface area contributed by atoms with E-state index in [9.17, 15) is 0 Å². The van der Waals surface area contributed by atoms with E-state index in [0.29, 0.717) is 6.04 Å². The maximum absolute atomic E-state index is 6.31. The third-order valence-corrected chi connectivity index (χ3v) is 4.79. The Morgan fingerprint density at radius 3 is 2.14 bits per heavy atom. The molecular weight excluding hydrogens is 260 g/mol. The van der Waals surface area contributed by atoms with E-state index in [2.05, 4.69) is 31.0 Å². The zero-order valence-corrected chi connectivity index (χ0v) is 13.7. The lowest BCUT2D eigenvalue weighted by Gasteiger charge is -2.37. The van der Waals surface area contributed by atoms with Gasteiger partial charge in [-0.2, -0.15) is 0 Å². The molecule has 0 bridgehead atoms. The molecule has 3 heteroatoms. The minimum atomic E-state index is 0.117. The SMILES string of the molecule is COc1ccc(C(C(C)N)N(C)C2CCCCCC2)cc1. The van der Waals surface area contributed by atoms with Crippen molar-refractivity contribution in [3.05, 3.63) is 29.8 Å². The van der Waals surface area contributed by atoms with Crippen LogP contribution in [0.25, 0.3) is 0 Å². The van der Waals surface area contributed by atoms with E-state index in [0.717, 1.165) is 5.75 Å². The molecule has 3 nitrogen and oxygen atoms in total. The molecule has 2 unspecified atom stereocenters. The van der Waals surface area contributed by atoms with Crippen LogP contribution in [0.4, 0.5) is 0 Å². The van der Waals surface area contributed by atoms with Gasteiger partial charge in [0.15, 0.2) is 0 Å². The molecule has 1 aromatic carbocycles. The first kappa shape index (κ1) is 16.3. The molecule has 1 fully saturated rings. The molecule has 0 radical (unpaired) electrons. The topological polar surface area (TPSA) is 38.5 Å². The van der Waals surface area contributed by atoms with Gasteiger partial charge in [0, 0.05) is 18.1 Å². The molecule has 0 heterocycles. The van der Waals surface area contributed by atoms with E-state index in [4.69, 9.17) is 10.5 Å². The second-order valence-corrected chi connectivity index (χ2v) is 6.39. The fraction of sp³-hybridized carbons (Fsp3) is 0.667. The Morgan fingerprint density at radius 2 is 1.67 bits per heavy atom. The van der Waals surface area contributed by atoms with E-state index in [1.165, 1.54) is 44.1 Å². The second kappa shape index (κ2) is 7.81. The smallest absolute Gasteiger partial charge is 0.118 e. The van der Waals surface area contributed by atoms with Crippen LogP contribution in [-0.4, -0.2) is 31.1 Å². The summed E-state index contributed by atoms with van der Waals surface area (Å²) in [5.74, 6) is 0.902. The molecule has 1 aromatic rings. The van der Waals surface area contributed by atoms with Gasteiger partial charge in [-0.15, -0.1) is 0 Å². The average molecular weight is 290 g/mol. The van der Waals surface area contributed by atoms with Crippen LogP contribution in [0, 0.1) is 0 Å². The minimum absolute atomic E-state index is 0.117. The Hall–Kier alpha value is -1.06. The Morgan fingerprint density at radius 1 is 1.10 bits per heavy atom. The number of hydrogen-bond acceptors (Lipinski definition) is 3. The summed E-state index contributed by atoms with van der Waals surface area (Å²) in [4.78, 5) is 2.51. The largest absolute Gasteiger partial charge is 0.497 e. The van der Waals surface area contributed by atoms with Crippen LogP contribution >= 0.6 is 0 Å². The highest BCUT2D eigenvalue weighted by Gasteiger charge is 2.27. The number of ether oxygens (including phenoxy) is 1. The van der Waals surface area contributed by atoms with Crippen LogP contribution < -0.4 is 10.5 Å². The maximum Gasteiger partial charge on any atom is 0.118 e. The molecule has 0 spiro atoms. The van der Waals surface area contributed by atoms with Crippen molar-refractivity contribution in [1.29, 1.82) is 0 Å². The summed E-state index contributed by atoms with van der Waals surface area (Å²) in [5, 5.41) is 0. The molecular formula is C18H30N2O. The summed E-state index contributed by atoms with van der Waals surface area (Å²) in [5.41, 5.74) is 7.60. The molecule has 0 saturated heterocycles. The molecule has 0 amide bonds. The normalized spacial score (nSPS) is 20.0. The molecule has 2 N–H and O–H groups in total. The number of benzene rings is 1. The first-order valence-corrected chi connectivity index (χ1v) is 8.25. The third-order valence-electron chi connectivity index (χ3n) is 4.79. The molecule has 0 aliphatic heterocycles. The van der Waals surface area contributed by atoms with Gasteiger partial charge >= 0.3 is 0 Å². The molecule has 21 heavy (non-hydrogen) atoms.